The van der Waals surface area contributed by atoms with Crippen LogP contribution in [0, 0.1) is 0 Å². The Bertz CT molecular complexity index is 995. The molecule has 10 heteroatoms. The van der Waals surface area contributed by atoms with E-state index >= 15 is 0 Å². The summed E-state index contributed by atoms with van der Waals surface area (Å²) in [5.74, 6) is -3.50. The van der Waals surface area contributed by atoms with Crippen molar-refractivity contribution in [2.75, 3.05) is 30.6 Å². The first-order valence-electron chi connectivity index (χ1n) is 8.75. The van der Waals surface area contributed by atoms with E-state index in [0.29, 0.717) is 16.2 Å². The molecule has 1 aromatic carbocycles. The molecule has 2 aliphatic heterocycles. The molecule has 1 aromatic rings. The van der Waals surface area contributed by atoms with Crippen molar-refractivity contribution < 1.29 is 37.0 Å². The fraction of sp³-hybridized carbons (Fsp3) is 0.250. The van der Waals surface area contributed by atoms with E-state index in [1.54, 1.807) is 12.1 Å². The second-order valence-electron chi connectivity index (χ2n) is 6.33. The van der Waals surface area contributed by atoms with Crippen LogP contribution in [0.2, 0.25) is 0 Å². The molecule has 0 atom stereocenters. The number of carbonyl (C=O) groups is 3. The number of nitrogens with zero attached hydrogens (tertiary/aromatic N) is 2. The Morgan fingerprint density at radius 1 is 1.03 bits per heavy atom. The quantitative estimate of drug-likeness (QED) is 0.698. The normalized spacial score (nSPS) is 15.8. The second kappa shape index (κ2) is 8.05. The van der Waals surface area contributed by atoms with E-state index in [0.717, 1.165) is 7.11 Å². The number of benzene rings is 1. The zero-order valence-corrected chi connectivity index (χ0v) is 16.0. The summed E-state index contributed by atoms with van der Waals surface area (Å²) in [6, 6.07) is 4.39. The molecule has 0 fully saturated rings. The molecule has 7 nitrogen and oxygen atoms in total. The van der Waals surface area contributed by atoms with Crippen LogP contribution in [0.15, 0.2) is 53.9 Å². The summed E-state index contributed by atoms with van der Waals surface area (Å²) in [5.41, 5.74) is 0.880. The molecule has 0 saturated carbocycles. The number of methoxy groups -OCH3 is 2. The summed E-state index contributed by atoms with van der Waals surface area (Å²) < 4.78 is 48.0. The maximum atomic E-state index is 12.8. The van der Waals surface area contributed by atoms with Gasteiger partial charge in [0.1, 0.15) is 5.70 Å². The molecular weight excluding hydrogens is 405 g/mol. The fourth-order valence-electron chi connectivity index (χ4n) is 3.27. The Morgan fingerprint density at radius 2 is 1.73 bits per heavy atom. The molecule has 158 valence electrons. The van der Waals surface area contributed by atoms with E-state index in [-0.39, 0.29) is 29.9 Å². The number of hydrogen-bond acceptors (Lipinski definition) is 6. The number of allylic oxidation sites excluding steroid dienone is 2. The molecule has 0 saturated heterocycles. The van der Waals surface area contributed by atoms with E-state index in [2.05, 4.69) is 0 Å². The van der Waals surface area contributed by atoms with Crippen molar-refractivity contribution in [1.82, 2.24) is 0 Å². The second-order valence-corrected chi connectivity index (χ2v) is 6.33. The molecule has 3 rings (SSSR count). The zero-order valence-electron chi connectivity index (χ0n) is 16.0. The van der Waals surface area contributed by atoms with Gasteiger partial charge in [-0.2, -0.15) is 13.2 Å². The standard InChI is InChI=1S/C20H17F3N2O5/c1-29-17(26)14-5-3-4-9-24(16(14)18(27)30-2)13-6-7-15-12(11-13)8-10-25(15)19(28)20(21,22)23/h3-7,9,11H,8,10H2,1-2H3. The maximum Gasteiger partial charge on any atom is 0.471 e. The molecule has 30 heavy (non-hydrogen) atoms. The summed E-state index contributed by atoms with van der Waals surface area (Å²) in [6.07, 6.45) is 1.25. The number of carbonyl (C=O) groups excluding carboxylic acids is 3. The number of esters is 2. The van der Waals surface area contributed by atoms with Crippen LogP contribution in [-0.2, 0) is 30.3 Å². The van der Waals surface area contributed by atoms with Gasteiger partial charge in [-0.3, -0.25) is 4.79 Å². The summed E-state index contributed by atoms with van der Waals surface area (Å²) >= 11 is 0. The van der Waals surface area contributed by atoms with E-state index < -0.39 is 24.0 Å². The average Bonchev–Trinajstić information content (AvgIpc) is 3.01. The summed E-state index contributed by atoms with van der Waals surface area (Å²) in [6.45, 7) is -0.109. The minimum absolute atomic E-state index is 0.0521. The summed E-state index contributed by atoms with van der Waals surface area (Å²) in [5, 5.41) is 0. The third-order valence-corrected chi connectivity index (χ3v) is 4.61. The number of rotatable bonds is 3. The SMILES string of the molecule is COC(=O)C1=C(C(=O)OC)N(c2ccc3c(c2)CCN3C(=O)C(F)(F)F)C=CC=C1. The molecule has 0 unspecified atom stereocenters. The number of fused-ring (bicyclic) bond motifs is 1. The van der Waals surface area contributed by atoms with Gasteiger partial charge in [0.2, 0.25) is 0 Å². The molecule has 2 aliphatic rings. The third-order valence-electron chi connectivity index (χ3n) is 4.61. The fourth-order valence-corrected chi connectivity index (χ4v) is 3.27. The molecule has 0 aromatic heterocycles. The van der Waals surface area contributed by atoms with Gasteiger partial charge in [-0.05, 0) is 42.3 Å². The topological polar surface area (TPSA) is 76.2 Å². The Labute approximate surface area is 169 Å². The monoisotopic (exact) mass is 422 g/mol. The van der Waals surface area contributed by atoms with Crippen LogP contribution in [0.3, 0.4) is 0 Å². The third kappa shape index (κ3) is 3.80. The van der Waals surface area contributed by atoms with Crippen LogP contribution in [-0.4, -0.2) is 44.8 Å². The molecular formula is C20H17F3N2O5. The van der Waals surface area contributed by atoms with E-state index in [1.807, 2.05) is 0 Å². The van der Waals surface area contributed by atoms with Gasteiger partial charge in [-0.15, -0.1) is 0 Å². The first-order valence-corrected chi connectivity index (χ1v) is 8.75. The molecule has 0 radical (unpaired) electrons. The van der Waals surface area contributed by atoms with Gasteiger partial charge in [0.15, 0.2) is 0 Å². The molecule has 0 bridgehead atoms. The maximum absolute atomic E-state index is 12.8. The van der Waals surface area contributed by atoms with Gasteiger partial charge in [-0.1, -0.05) is 6.08 Å². The van der Waals surface area contributed by atoms with Crippen molar-refractivity contribution in [2.45, 2.75) is 12.6 Å². The van der Waals surface area contributed by atoms with Crippen LogP contribution < -0.4 is 9.80 Å². The van der Waals surface area contributed by atoms with Crippen LogP contribution >= 0.6 is 0 Å². The van der Waals surface area contributed by atoms with Crippen molar-refractivity contribution in [1.29, 1.82) is 0 Å². The number of anilines is 2. The first kappa shape index (κ1) is 21.2. The zero-order chi connectivity index (χ0) is 22.1. The highest BCUT2D eigenvalue weighted by atomic mass is 19.4. The van der Waals surface area contributed by atoms with Crippen LogP contribution in [0.25, 0.3) is 0 Å². The average molecular weight is 422 g/mol. The summed E-state index contributed by atoms with van der Waals surface area (Å²) in [4.78, 5) is 38.3. The Hall–Kier alpha value is -3.56. The molecule has 0 N–H and O–H groups in total. The number of ether oxygens (including phenoxy) is 2. The van der Waals surface area contributed by atoms with Crippen molar-refractivity contribution in [3.8, 4) is 0 Å². The Kier molecular flexibility index (Phi) is 5.68. The summed E-state index contributed by atoms with van der Waals surface area (Å²) in [7, 11) is 2.33. The molecule has 0 aliphatic carbocycles. The lowest BCUT2D eigenvalue weighted by Gasteiger charge is -2.24. The van der Waals surface area contributed by atoms with E-state index in [1.165, 1.54) is 42.5 Å². The van der Waals surface area contributed by atoms with Crippen molar-refractivity contribution >= 4 is 29.2 Å². The van der Waals surface area contributed by atoms with Crippen LogP contribution in [0.1, 0.15) is 5.56 Å². The van der Waals surface area contributed by atoms with Crippen molar-refractivity contribution in [2.24, 2.45) is 0 Å². The van der Waals surface area contributed by atoms with Gasteiger partial charge in [-0.25, -0.2) is 9.59 Å². The highest BCUT2D eigenvalue weighted by Crippen LogP contribution is 2.36. The molecule has 2 heterocycles. The lowest BCUT2D eigenvalue weighted by molar-refractivity contribution is -0.170. The van der Waals surface area contributed by atoms with Gasteiger partial charge in [0.05, 0.1) is 19.8 Å². The van der Waals surface area contributed by atoms with Gasteiger partial charge >= 0.3 is 24.0 Å². The predicted molar refractivity (Wildman–Crippen MR) is 100 cm³/mol. The highest BCUT2D eigenvalue weighted by Gasteiger charge is 2.44. The number of amides is 1. The minimum atomic E-state index is -4.98. The predicted octanol–water partition coefficient (Wildman–Crippen LogP) is 2.63. The lowest BCUT2D eigenvalue weighted by Crippen LogP contribution is -2.40. The highest BCUT2D eigenvalue weighted by molar-refractivity contribution is 6.05. The Balaban J connectivity index is 2.06. The minimum Gasteiger partial charge on any atom is -0.465 e. The smallest absolute Gasteiger partial charge is 0.465 e. The van der Waals surface area contributed by atoms with E-state index in [4.69, 9.17) is 9.47 Å². The molecule has 0 spiro atoms. The van der Waals surface area contributed by atoms with Gasteiger partial charge in [0.25, 0.3) is 0 Å². The van der Waals surface area contributed by atoms with Gasteiger partial charge in [0, 0.05) is 24.1 Å². The van der Waals surface area contributed by atoms with Crippen molar-refractivity contribution in [3.05, 3.63) is 59.5 Å². The van der Waals surface area contributed by atoms with Crippen LogP contribution in [0.5, 0.6) is 0 Å². The number of alkyl halides is 3. The first-order chi connectivity index (χ1) is 14.2. The van der Waals surface area contributed by atoms with E-state index in [9.17, 15) is 27.6 Å². The van der Waals surface area contributed by atoms with Gasteiger partial charge < -0.3 is 19.3 Å². The largest absolute Gasteiger partial charge is 0.471 e. The lowest BCUT2D eigenvalue weighted by atomic mass is 10.1. The number of halogens is 3. The van der Waals surface area contributed by atoms with Crippen LogP contribution in [0.4, 0.5) is 24.5 Å². The van der Waals surface area contributed by atoms with Crippen molar-refractivity contribution in [3.63, 3.8) is 0 Å². The number of hydrogen-bond donors (Lipinski definition) is 0. The molecule has 1 amide bonds. The Morgan fingerprint density at radius 3 is 2.37 bits per heavy atom.